The van der Waals surface area contributed by atoms with Crippen molar-refractivity contribution in [3.05, 3.63) is 71.4 Å². The van der Waals surface area contributed by atoms with Crippen LogP contribution in [0.1, 0.15) is 34.4 Å². The molecule has 1 aromatic carbocycles. The molecule has 0 aliphatic heterocycles. The number of alkyl halides is 3. The first-order valence-electron chi connectivity index (χ1n) is 8.98. The number of carbonyl (C=O) groups excluding carboxylic acids is 1. The van der Waals surface area contributed by atoms with Crippen LogP contribution in [-0.4, -0.2) is 20.4 Å². The highest BCUT2D eigenvalue weighted by Gasteiger charge is 2.30. The van der Waals surface area contributed by atoms with Crippen molar-refractivity contribution in [2.75, 3.05) is 10.6 Å². The van der Waals surface area contributed by atoms with Crippen LogP contribution in [0.5, 0.6) is 0 Å². The minimum Gasteiger partial charge on any atom is -0.364 e. The molecule has 152 valence electrons. The van der Waals surface area contributed by atoms with Gasteiger partial charge in [0.2, 0.25) is 0 Å². The number of halogens is 3. The van der Waals surface area contributed by atoms with Gasteiger partial charge >= 0.3 is 6.18 Å². The van der Waals surface area contributed by atoms with Crippen molar-refractivity contribution in [1.29, 1.82) is 0 Å². The number of aromatic nitrogens is 3. The first kappa shape index (κ1) is 20.4. The number of nitrogens with zero attached hydrogens (tertiary/aromatic N) is 3. The van der Waals surface area contributed by atoms with E-state index in [9.17, 15) is 18.0 Å². The second-order valence-corrected chi connectivity index (χ2v) is 6.34. The summed E-state index contributed by atoms with van der Waals surface area (Å²) in [5.74, 6) is 0.452. The van der Waals surface area contributed by atoms with Crippen LogP contribution in [0.3, 0.4) is 0 Å². The molecule has 0 fully saturated rings. The molecule has 29 heavy (non-hydrogen) atoms. The predicted molar refractivity (Wildman–Crippen MR) is 104 cm³/mol. The average Bonchev–Trinajstić information content (AvgIpc) is 3.02. The number of nitrogens with one attached hydrogen (secondary N) is 2. The molecule has 0 saturated carbocycles. The third kappa shape index (κ3) is 4.74. The van der Waals surface area contributed by atoms with Gasteiger partial charge in [-0.1, -0.05) is 6.07 Å². The molecule has 1 amide bonds. The van der Waals surface area contributed by atoms with E-state index in [0.29, 0.717) is 24.7 Å². The van der Waals surface area contributed by atoms with E-state index >= 15 is 0 Å². The SMILES string of the molecule is CCn1c(C)nc(NCc2ccncc2)c1C(=O)Nc1cccc(C(F)(F)F)c1. The Balaban J connectivity index is 1.86. The van der Waals surface area contributed by atoms with Crippen LogP contribution in [-0.2, 0) is 19.3 Å². The van der Waals surface area contributed by atoms with E-state index in [2.05, 4.69) is 20.6 Å². The van der Waals surface area contributed by atoms with Crippen molar-refractivity contribution in [2.45, 2.75) is 33.1 Å². The van der Waals surface area contributed by atoms with Gasteiger partial charge in [0, 0.05) is 31.2 Å². The van der Waals surface area contributed by atoms with Crippen LogP contribution in [0.25, 0.3) is 0 Å². The van der Waals surface area contributed by atoms with E-state index in [1.54, 1.807) is 23.9 Å². The lowest BCUT2D eigenvalue weighted by Gasteiger charge is -2.12. The fourth-order valence-electron chi connectivity index (χ4n) is 2.96. The van der Waals surface area contributed by atoms with Gasteiger partial charge in [0.25, 0.3) is 5.91 Å². The number of aryl methyl sites for hydroxylation is 1. The molecule has 6 nitrogen and oxygen atoms in total. The Kier molecular flexibility index (Phi) is 5.86. The molecule has 0 spiro atoms. The van der Waals surface area contributed by atoms with Crippen LogP contribution in [0.4, 0.5) is 24.7 Å². The van der Waals surface area contributed by atoms with Gasteiger partial charge in [-0.05, 0) is 49.7 Å². The summed E-state index contributed by atoms with van der Waals surface area (Å²) in [6.45, 7) is 4.54. The van der Waals surface area contributed by atoms with E-state index < -0.39 is 17.6 Å². The van der Waals surface area contributed by atoms with Gasteiger partial charge in [-0.3, -0.25) is 9.78 Å². The number of anilines is 2. The summed E-state index contributed by atoms with van der Waals surface area (Å²) in [6.07, 6.45) is -1.16. The molecular formula is C20H20F3N5O. The third-order valence-corrected chi connectivity index (χ3v) is 4.35. The topological polar surface area (TPSA) is 71.8 Å². The van der Waals surface area contributed by atoms with Gasteiger partial charge < -0.3 is 15.2 Å². The van der Waals surface area contributed by atoms with Gasteiger partial charge in [0.1, 0.15) is 5.82 Å². The molecular weight excluding hydrogens is 383 g/mol. The summed E-state index contributed by atoms with van der Waals surface area (Å²) in [4.78, 5) is 21.3. The maximum absolute atomic E-state index is 12.9. The zero-order valence-electron chi connectivity index (χ0n) is 15.9. The van der Waals surface area contributed by atoms with E-state index in [1.807, 2.05) is 19.1 Å². The second-order valence-electron chi connectivity index (χ2n) is 6.34. The molecule has 2 heterocycles. The lowest BCUT2D eigenvalue weighted by atomic mass is 10.2. The maximum Gasteiger partial charge on any atom is 0.416 e. The Hall–Kier alpha value is -3.36. The molecule has 0 bridgehead atoms. The van der Waals surface area contributed by atoms with Crippen molar-refractivity contribution in [1.82, 2.24) is 14.5 Å². The van der Waals surface area contributed by atoms with Crippen molar-refractivity contribution in [2.24, 2.45) is 0 Å². The Labute approximate surface area is 165 Å². The van der Waals surface area contributed by atoms with E-state index in [0.717, 1.165) is 17.7 Å². The van der Waals surface area contributed by atoms with E-state index in [4.69, 9.17) is 0 Å². The van der Waals surface area contributed by atoms with Gasteiger partial charge in [0.15, 0.2) is 11.5 Å². The Morgan fingerprint density at radius 3 is 2.55 bits per heavy atom. The normalized spacial score (nSPS) is 11.3. The zero-order valence-corrected chi connectivity index (χ0v) is 15.9. The number of hydrogen-bond acceptors (Lipinski definition) is 4. The van der Waals surface area contributed by atoms with Gasteiger partial charge in [-0.15, -0.1) is 0 Å². The van der Waals surface area contributed by atoms with E-state index in [-0.39, 0.29) is 11.4 Å². The molecule has 0 aliphatic rings. The van der Waals surface area contributed by atoms with Crippen LogP contribution >= 0.6 is 0 Å². The monoisotopic (exact) mass is 403 g/mol. The second kappa shape index (κ2) is 8.34. The van der Waals surface area contributed by atoms with Gasteiger partial charge in [-0.25, -0.2) is 4.98 Å². The fraction of sp³-hybridized carbons (Fsp3) is 0.250. The van der Waals surface area contributed by atoms with Crippen LogP contribution < -0.4 is 10.6 Å². The molecule has 0 unspecified atom stereocenters. The molecule has 3 rings (SSSR count). The molecule has 0 aliphatic carbocycles. The number of hydrogen-bond donors (Lipinski definition) is 2. The van der Waals surface area contributed by atoms with Crippen molar-refractivity contribution >= 4 is 17.4 Å². The molecule has 3 aromatic rings. The highest BCUT2D eigenvalue weighted by atomic mass is 19.4. The molecule has 0 radical (unpaired) electrons. The number of benzene rings is 1. The smallest absolute Gasteiger partial charge is 0.364 e. The Bertz CT molecular complexity index is 999. The first-order valence-corrected chi connectivity index (χ1v) is 8.98. The highest BCUT2D eigenvalue weighted by Crippen LogP contribution is 2.31. The van der Waals surface area contributed by atoms with Gasteiger partial charge in [-0.2, -0.15) is 13.2 Å². The minimum absolute atomic E-state index is 0.0615. The largest absolute Gasteiger partial charge is 0.416 e. The summed E-state index contributed by atoms with van der Waals surface area (Å²) < 4.78 is 40.5. The molecule has 0 atom stereocenters. The first-order chi connectivity index (χ1) is 13.8. The number of amides is 1. The summed E-state index contributed by atoms with van der Waals surface area (Å²) in [6, 6.07) is 8.19. The van der Waals surface area contributed by atoms with Crippen molar-refractivity contribution in [3.63, 3.8) is 0 Å². The van der Waals surface area contributed by atoms with Crippen molar-refractivity contribution in [3.8, 4) is 0 Å². The number of carbonyl (C=O) groups is 1. The molecule has 2 N–H and O–H groups in total. The summed E-state index contributed by atoms with van der Waals surface area (Å²) >= 11 is 0. The van der Waals surface area contributed by atoms with Crippen molar-refractivity contribution < 1.29 is 18.0 Å². The number of rotatable bonds is 6. The summed E-state index contributed by atoms with van der Waals surface area (Å²) in [5.41, 5.74) is 0.447. The number of pyridine rings is 1. The maximum atomic E-state index is 12.9. The number of imidazole rings is 1. The molecule has 2 aromatic heterocycles. The van der Waals surface area contributed by atoms with Crippen LogP contribution in [0.15, 0.2) is 48.8 Å². The highest BCUT2D eigenvalue weighted by molar-refractivity contribution is 6.06. The Morgan fingerprint density at radius 1 is 1.17 bits per heavy atom. The molecule has 9 heteroatoms. The van der Waals surface area contributed by atoms with Crippen LogP contribution in [0.2, 0.25) is 0 Å². The Morgan fingerprint density at radius 2 is 1.90 bits per heavy atom. The average molecular weight is 403 g/mol. The lowest BCUT2D eigenvalue weighted by Crippen LogP contribution is -2.19. The minimum atomic E-state index is -4.49. The van der Waals surface area contributed by atoms with Gasteiger partial charge in [0.05, 0.1) is 5.56 Å². The van der Waals surface area contributed by atoms with Crippen LogP contribution in [0, 0.1) is 6.92 Å². The molecule has 0 saturated heterocycles. The zero-order chi connectivity index (χ0) is 21.0. The van der Waals surface area contributed by atoms with E-state index in [1.165, 1.54) is 12.1 Å². The fourth-order valence-corrected chi connectivity index (χ4v) is 2.96. The predicted octanol–water partition coefficient (Wildman–Crippen LogP) is 4.49. The lowest BCUT2D eigenvalue weighted by molar-refractivity contribution is -0.137. The summed E-state index contributed by atoms with van der Waals surface area (Å²) in [5, 5.41) is 5.67. The quantitative estimate of drug-likeness (QED) is 0.636. The standard InChI is InChI=1S/C20H20F3N5O/c1-3-28-13(2)26-18(25-12-14-7-9-24-10-8-14)17(28)19(29)27-16-6-4-5-15(11-16)20(21,22)23/h4-11,25H,3,12H2,1-2H3,(H,27,29). The summed E-state index contributed by atoms with van der Waals surface area (Å²) in [7, 11) is 0. The third-order valence-electron chi connectivity index (χ3n) is 4.35.